The number of carboxylic acids is 1. The van der Waals surface area contributed by atoms with Crippen molar-refractivity contribution >= 4 is 29.3 Å². The lowest BCUT2D eigenvalue weighted by atomic mass is 9.87. The van der Waals surface area contributed by atoms with Gasteiger partial charge in [-0.15, -0.1) is 11.8 Å². The molecular formula is C15H19ClO2S. The molecule has 0 radical (unpaired) electrons. The van der Waals surface area contributed by atoms with E-state index in [1.165, 1.54) is 32.1 Å². The molecule has 0 saturated heterocycles. The van der Waals surface area contributed by atoms with Gasteiger partial charge in [-0.1, -0.05) is 24.9 Å². The zero-order valence-electron chi connectivity index (χ0n) is 11.1. The van der Waals surface area contributed by atoms with E-state index in [4.69, 9.17) is 16.7 Å². The van der Waals surface area contributed by atoms with E-state index < -0.39 is 5.97 Å². The van der Waals surface area contributed by atoms with Gasteiger partial charge in [0.25, 0.3) is 0 Å². The standard InChI is InChI=1S/C15H19ClO2S/c1-2-10-3-5-11(6-4-10)19-12-7-8-14(16)13(9-12)15(17)18/h7-11H,2-6H2,1H3,(H,17,18). The average Bonchev–Trinajstić information content (AvgIpc) is 2.41. The van der Waals surface area contributed by atoms with E-state index in [0.29, 0.717) is 10.3 Å². The van der Waals surface area contributed by atoms with E-state index in [0.717, 1.165) is 10.8 Å². The number of carboxylic acid groups (broad SMARTS) is 1. The topological polar surface area (TPSA) is 37.3 Å². The first-order valence-corrected chi connectivity index (χ1v) is 8.05. The van der Waals surface area contributed by atoms with Crippen LogP contribution in [0.5, 0.6) is 0 Å². The van der Waals surface area contributed by atoms with Gasteiger partial charge in [0.05, 0.1) is 10.6 Å². The molecule has 1 saturated carbocycles. The first-order chi connectivity index (χ1) is 9.10. The van der Waals surface area contributed by atoms with Crippen LogP contribution < -0.4 is 0 Å². The van der Waals surface area contributed by atoms with Crippen molar-refractivity contribution < 1.29 is 9.90 Å². The van der Waals surface area contributed by atoms with E-state index in [-0.39, 0.29) is 5.56 Å². The van der Waals surface area contributed by atoms with Crippen LogP contribution in [-0.2, 0) is 0 Å². The molecule has 1 fully saturated rings. The molecule has 0 amide bonds. The summed E-state index contributed by atoms with van der Waals surface area (Å²) >= 11 is 7.68. The van der Waals surface area contributed by atoms with Crippen molar-refractivity contribution in [2.45, 2.75) is 49.2 Å². The van der Waals surface area contributed by atoms with Crippen LogP contribution in [0.3, 0.4) is 0 Å². The maximum Gasteiger partial charge on any atom is 0.337 e. The van der Waals surface area contributed by atoms with Crippen LogP contribution in [0.2, 0.25) is 5.02 Å². The molecule has 1 aliphatic carbocycles. The third-order valence-corrected chi connectivity index (χ3v) is 5.50. The Morgan fingerprint density at radius 3 is 2.63 bits per heavy atom. The fourth-order valence-electron chi connectivity index (χ4n) is 2.59. The zero-order valence-corrected chi connectivity index (χ0v) is 12.6. The van der Waals surface area contributed by atoms with Gasteiger partial charge in [0, 0.05) is 10.1 Å². The summed E-state index contributed by atoms with van der Waals surface area (Å²) in [5, 5.41) is 10.00. The van der Waals surface area contributed by atoms with Crippen LogP contribution in [0.4, 0.5) is 0 Å². The molecule has 2 rings (SSSR count). The van der Waals surface area contributed by atoms with Gasteiger partial charge in [0.2, 0.25) is 0 Å². The molecule has 4 heteroatoms. The molecule has 1 aromatic carbocycles. The van der Waals surface area contributed by atoms with Crippen molar-refractivity contribution in [3.05, 3.63) is 28.8 Å². The summed E-state index contributed by atoms with van der Waals surface area (Å²) in [6.07, 6.45) is 6.34. The van der Waals surface area contributed by atoms with Crippen LogP contribution in [0.15, 0.2) is 23.1 Å². The minimum absolute atomic E-state index is 0.203. The van der Waals surface area contributed by atoms with Crippen molar-refractivity contribution in [1.29, 1.82) is 0 Å². The number of thioether (sulfide) groups is 1. The van der Waals surface area contributed by atoms with Crippen molar-refractivity contribution in [2.75, 3.05) is 0 Å². The molecule has 1 aliphatic rings. The third kappa shape index (κ3) is 3.90. The Kier molecular flexibility index (Phi) is 5.17. The Hall–Kier alpha value is -0.670. The molecule has 104 valence electrons. The fourth-order valence-corrected chi connectivity index (χ4v) is 4.02. The maximum absolute atomic E-state index is 11.1. The Balaban J connectivity index is 2.00. The molecule has 0 aromatic heterocycles. The Morgan fingerprint density at radius 2 is 2.05 bits per heavy atom. The summed E-state index contributed by atoms with van der Waals surface area (Å²) in [5.41, 5.74) is 0.203. The van der Waals surface area contributed by atoms with Crippen molar-refractivity contribution in [2.24, 2.45) is 5.92 Å². The van der Waals surface area contributed by atoms with Crippen molar-refractivity contribution in [3.63, 3.8) is 0 Å². The number of aromatic carboxylic acids is 1. The molecule has 0 unspecified atom stereocenters. The second-order valence-electron chi connectivity index (χ2n) is 5.12. The molecule has 0 bridgehead atoms. The summed E-state index contributed by atoms with van der Waals surface area (Å²) in [4.78, 5) is 12.1. The van der Waals surface area contributed by atoms with Gasteiger partial charge in [-0.25, -0.2) is 4.79 Å². The highest BCUT2D eigenvalue weighted by atomic mass is 35.5. The van der Waals surface area contributed by atoms with Gasteiger partial charge in [0.15, 0.2) is 0 Å². The van der Waals surface area contributed by atoms with Crippen LogP contribution in [-0.4, -0.2) is 16.3 Å². The average molecular weight is 299 g/mol. The number of benzene rings is 1. The highest BCUT2D eigenvalue weighted by Gasteiger charge is 2.21. The number of halogens is 1. The zero-order chi connectivity index (χ0) is 13.8. The predicted octanol–water partition coefficient (Wildman–Crippen LogP) is 5.10. The number of hydrogen-bond acceptors (Lipinski definition) is 2. The van der Waals surface area contributed by atoms with E-state index in [2.05, 4.69) is 6.92 Å². The maximum atomic E-state index is 11.1. The lowest BCUT2D eigenvalue weighted by Gasteiger charge is -2.27. The minimum atomic E-state index is -0.956. The number of rotatable bonds is 4. The predicted molar refractivity (Wildman–Crippen MR) is 80.3 cm³/mol. The van der Waals surface area contributed by atoms with Crippen molar-refractivity contribution in [1.82, 2.24) is 0 Å². The number of carbonyl (C=O) groups is 1. The first-order valence-electron chi connectivity index (χ1n) is 6.79. The van der Waals surface area contributed by atoms with E-state index >= 15 is 0 Å². The van der Waals surface area contributed by atoms with Gasteiger partial charge in [-0.2, -0.15) is 0 Å². The smallest absolute Gasteiger partial charge is 0.337 e. The van der Waals surface area contributed by atoms with Crippen LogP contribution in [0.1, 0.15) is 49.4 Å². The molecular weight excluding hydrogens is 280 g/mol. The second kappa shape index (κ2) is 6.67. The summed E-state index contributed by atoms with van der Waals surface area (Å²) in [6.45, 7) is 2.26. The third-order valence-electron chi connectivity index (χ3n) is 3.84. The molecule has 1 N–H and O–H groups in total. The van der Waals surface area contributed by atoms with Crippen molar-refractivity contribution in [3.8, 4) is 0 Å². The second-order valence-corrected chi connectivity index (χ2v) is 6.90. The Morgan fingerprint density at radius 1 is 1.37 bits per heavy atom. The Labute approximate surface area is 123 Å². The van der Waals surface area contributed by atoms with Crippen LogP contribution >= 0.6 is 23.4 Å². The molecule has 2 nitrogen and oxygen atoms in total. The van der Waals surface area contributed by atoms with E-state index in [1.54, 1.807) is 23.9 Å². The van der Waals surface area contributed by atoms with Gasteiger partial charge >= 0.3 is 5.97 Å². The lowest BCUT2D eigenvalue weighted by Crippen LogP contribution is -2.15. The Bertz CT molecular complexity index is 453. The molecule has 0 spiro atoms. The highest BCUT2D eigenvalue weighted by Crippen LogP contribution is 2.37. The van der Waals surface area contributed by atoms with Crippen LogP contribution in [0.25, 0.3) is 0 Å². The normalized spacial score (nSPS) is 23.3. The monoisotopic (exact) mass is 298 g/mol. The van der Waals surface area contributed by atoms with Gasteiger partial charge in [-0.05, 0) is 49.8 Å². The van der Waals surface area contributed by atoms with E-state index in [1.807, 2.05) is 6.07 Å². The summed E-state index contributed by atoms with van der Waals surface area (Å²) in [7, 11) is 0. The fraction of sp³-hybridized carbons (Fsp3) is 0.533. The van der Waals surface area contributed by atoms with E-state index in [9.17, 15) is 4.79 Å². The quantitative estimate of drug-likeness (QED) is 0.840. The first kappa shape index (κ1) is 14.7. The lowest BCUT2D eigenvalue weighted by molar-refractivity contribution is 0.0697. The summed E-state index contributed by atoms with van der Waals surface area (Å²) in [5.74, 6) is -0.0706. The molecule has 0 heterocycles. The highest BCUT2D eigenvalue weighted by molar-refractivity contribution is 8.00. The van der Waals surface area contributed by atoms with Gasteiger partial charge < -0.3 is 5.11 Å². The molecule has 0 aliphatic heterocycles. The summed E-state index contributed by atoms with van der Waals surface area (Å²) in [6, 6.07) is 5.30. The number of hydrogen-bond donors (Lipinski definition) is 1. The van der Waals surface area contributed by atoms with Crippen LogP contribution in [0, 0.1) is 5.92 Å². The largest absolute Gasteiger partial charge is 0.478 e. The molecule has 19 heavy (non-hydrogen) atoms. The molecule has 1 aromatic rings. The minimum Gasteiger partial charge on any atom is -0.478 e. The molecule has 0 atom stereocenters. The van der Waals surface area contributed by atoms with Gasteiger partial charge in [-0.3, -0.25) is 0 Å². The SMILES string of the molecule is CCC1CCC(Sc2ccc(Cl)c(C(=O)O)c2)CC1. The van der Waals surface area contributed by atoms with Gasteiger partial charge in [0.1, 0.15) is 0 Å². The summed E-state index contributed by atoms with van der Waals surface area (Å²) < 4.78 is 0.